The van der Waals surface area contributed by atoms with E-state index in [1.807, 2.05) is 6.92 Å². The highest BCUT2D eigenvalue weighted by Gasteiger charge is 2.50. The number of ether oxygens (including phenoxy) is 4. The van der Waals surface area contributed by atoms with E-state index in [4.69, 9.17) is 18.9 Å². The number of aliphatic hydroxyl groups is 8. The van der Waals surface area contributed by atoms with Gasteiger partial charge in [0, 0.05) is 6.42 Å². The molecule has 0 saturated carbocycles. The van der Waals surface area contributed by atoms with Gasteiger partial charge in [-0.1, -0.05) is 89.5 Å². The van der Waals surface area contributed by atoms with E-state index in [1.165, 1.54) is 32.1 Å². The summed E-state index contributed by atoms with van der Waals surface area (Å²) in [5.41, 5.74) is 0. The quantitative estimate of drug-likeness (QED) is 0.0454. The third-order valence-electron chi connectivity index (χ3n) is 9.36. The molecule has 298 valence electrons. The topological polar surface area (TPSA) is 228 Å². The number of unbranched alkanes of at least 4 members (excludes halogenated alkanes) is 11. The Labute approximate surface area is 303 Å². The lowest BCUT2D eigenvalue weighted by atomic mass is 9.97. The highest BCUT2D eigenvalue weighted by molar-refractivity contribution is 5.76. The predicted molar refractivity (Wildman–Crippen MR) is 189 cm³/mol. The van der Waals surface area contributed by atoms with Crippen LogP contribution in [0, 0.1) is 0 Å². The van der Waals surface area contributed by atoms with Gasteiger partial charge in [-0.3, -0.25) is 4.79 Å². The van der Waals surface area contributed by atoms with Gasteiger partial charge in [0.25, 0.3) is 0 Å². The molecule has 2 heterocycles. The third kappa shape index (κ3) is 16.2. The van der Waals surface area contributed by atoms with Crippen LogP contribution in [0.4, 0.5) is 0 Å². The molecule has 0 aliphatic carbocycles. The minimum absolute atomic E-state index is 0.264. The number of nitrogens with one attached hydrogen (secondary N) is 1. The van der Waals surface area contributed by atoms with Gasteiger partial charge < -0.3 is 65.1 Å². The lowest BCUT2D eigenvalue weighted by Crippen LogP contribution is -2.65. The monoisotopic (exact) mass is 733 g/mol. The van der Waals surface area contributed by atoms with Crippen molar-refractivity contribution >= 4 is 5.91 Å². The van der Waals surface area contributed by atoms with Crippen LogP contribution in [-0.4, -0.2) is 140 Å². The fourth-order valence-corrected chi connectivity index (χ4v) is 6.11. The molecule has 0 bridgehead atoms. The zero-order chi connectivity index (χ0) is 37.6. The average Bonchev–Trinajstić information content (AvgIpc) is 3.12. The number of hydrogen-bond acceptors (Lipinski definition) is 13. The van der Waals surface area contributed by atoms with Crippen LogP contribution >= 0.6 is 0 Å². The molecule has 2 aliphatic heterocycles. The van der Waals surface area contributed by atoms with Crippen LogP contribution in [0.15, 0.2) is 24.3 Å². The second kappa shape index (κ2) is 26.3. The lowest BCUT2D eigenvalue weighted by molar-refractivity contribution is -0.359. The summed E-state index contributed by atoms with van der Waals surface area (Å²) in [6.07, 6.45) is 6.32. The highest BCUT2D eigenvalue weighted by Crippen LogP contribution is 2.29. The molecular weight excluding hydrogens is 666 g/mol. The maximum absolute atomic E-state index is 12.9. The van der Waals surface area contributed by atoms with Crippen molar-refractivity contribution in [3.63, 3.8) is 0 Å². The van der Waals surface area contributed by atoms with Crippen molar-refractivity contribution in [2.45, 2.75) is 184 Å². The van der Waals surface area contributed by atoms with Gasteiger partial charge in [-0.2, -0.15) is 0 Å². The van der Waals surface area contributed by atoms with Crippen molar-refractivity contribution in [1.29, 1.82) is 0 Å². The number of rotatable bonds is 26. The molecule has 14 heteroatoms. The van der Waals surface area contributed by atoms with Crippen LogP contribution in [0.2, 0.25) is 0 Å². The molecule has 2 aliphatic rings. The van der Waals surface area contributed by atoms with Crippen LogP contribution in [-0.2, 0) is 23.7 Å². The summed E-state index contributed by atoms with van der Waals surface area (Å²) < 4.78 is 22.3. The summed E-state index contributed by atoms with van der Waals surface area (Å²) in [6.45, 7) is 2.49. The van der Waals surface area contributed by atoms with Crippen molar-refractivity contribution in [2.75, 3.05) is 19.8 Å². The molecule has 0 spiro atoms. The van der Waals surface area contributed by atoms with E-state index in [0.29, 0.717) is 6.42 Å². The van der Waals surface area contributed by atoms with Crippen molar-refractivity contribution in [1.82, 2.24) is 5.32 Å². The third-order valence-corrected chi connectivity index (χ3v) is 9.36. The molecule has 51 heavy (non-hydrogen) atoms. The first-order chi connectivity index (χ1) is 24.6. The van der Waals surface area contributed by atoms with Gasteiger partial charge >= 0.3 is 0 Å². The minimum Gasteiger partial charge on any atom is -0.394 e. The Kier molecular flexibility index (Phi) is 23.5. The molecule has 12 atom stereocenters. The molecule has 1 amide bonds. The van der Waals surface area contributed by atoms with Crippen LogP contribution in [0.5, 0.6) is 0 Å². The number of carbonyl (C=O) groups excluding carboxylic acids is 1. The van der Waals surface area contributed by atoms with Gasteiger partial charge in [0.1, 0.15) is 48.8 Å². The number of aliphatic hydroxyl groups excluding tert-OH is 8. The highest BCUT2D eigenvalue weighted by atomic mass is 16.7. The first-order valence-electron chi connectivity index (χ1n) is 19.1. The summed E-state index contributed by atoms with van der Waals surface area (Å²) in [7, 11) is 0. The van der Waals surface area contributed by atoms with E-state index < -0.39 is 86.8 Å². The van der Waals surface area contributed by atoms with Crippen LogP contribution in [0.3, 0.4) is 0 Å². The summed E-state index contributed by atoms with van der Waals surface area (Å²) >= 11 is 0. The van der Waals surface area contributed by atoms with Gasteiger partial charge in [-0.15, -0.1) is 0 Å². The molecule has 14 nitrogen and oxygen atoms in total. The Morgan fingerprint density at radius 3 is 1.90 bits per heavy atom. The van der Waals surface area contributed by atoms with Gasteiger partial charge in [-0.05, 0) is 38.5 Å². The van der Waals surface area contributed by atoms with Crippen molar-refractivity contribution in [2.24, 2.45) is 0 Å². The Bertz CT molecular complexity index is 967. The lowest BCUT2D eigenvalue weighted by Gasteiger charge is -2.46. The number of hydrogen-bond donors (Lipinski definition) is 9. The predicted octanol–water partition coefficient (Wildman–Crippen LogP) is 1.48. The SMILES string of the molecule is CCC/C=C/C(O)C(COC1OC(CO)C(OC2OC(CO)C(O)C(O)C2O)C(O)C1O)NC(=O)CCCCCCC/C=C\CCCCCCC. The maximum atomic E-state index is 12.9. The van der Waals surface area contributed by atoms with E-state index in [2.05, 4.69) is 24.4 Å². The van der Waals surface area contributed by atoms with E-state index in [0.717, 1.165) is 51.4 Å². The second-order valence-corrected chi connectivity index (χ2v) is 13.7. The minimum atomic E-state index is -1.78. The second-order valence-electron chi connectivity index (χ2n) is 13.7. The number of amides is 1. The normalized spacial score (nSPS) is 31.3. The Morgan fingerprint density at radius 1 is 0.686 bits per heavy atom. The number of carbonyl (C=O) groups is 1. The van der Waals surface area contributed by atoms with E-state index >= 15 is 0 Å². The van der Waals surface area contributed by atoms with Crippen molar-refractivity contribution < 1.29 is 64.6 Å². The molecule has 2 fully saturated rings. The van der Waals surface area contributed by atoms with E-state index in [-0.39, 0.29) is 18.9 Å². The molecule has 0 aromatic carbocycles. The Hall–Kier alpha value is -1.53. The van der Waals surface area contributed by atoms with Crippen LogP contribution in [0.1, 0.15) is 110 Å². The summed E-state index contributed by atoms with van der Waals surface area (Å²) in [4.78, 5) is 12.9. The molecule has 0 radical (unpaired) electrons. The fraction of sp³-hybridized carbons (Fsp3) is 0.865. The number of allylic oxidation sites excluding steroid dienone is 3. The van der Waals surface area contributed by atoms with Gasteiger partial charge in [0.05, 0.1) is 32.0 Å². The summed E-state index contributed by atoms with van der Waals surface area (Å²) in [6, 6.07) is -0.910. The Balaban J connectivity index is 1.85. The van der Waals surface area contributed by atoms with E-state index in [9.17, 15) is 45.6 Å². The van der Waals surface area contributed by atoms with Gasteiger partial charge in [-0.25, -0.2) is 0 Å². The molecule has 2 rings (SSSR count). The standard InChI is InChI=1S/C37H67NO13/c1-3-5-7-8-9-10-11-12-13-14-15-16-17-19-21-29(42)38-25(26(41)20-18-6-4-2)24-48-36-34(47)32(45)35(28(23-40)50-36)51-37-33(46)31(44)30(43)27(22-39)49-37/h11-12,18,20,25-28,30-37,39-41,43-47H,3-10,13-17,19,21-24H2,1-2H3,(H,38,42)/b12-11-,20-18+. The zero-order valence-electron chi connectivity index (χ0n) is 30.6. The van der Waals surface area contributed by atoms with Gasteiger partial charge in [0.15, 0.2) is 12.6 Å². The summed E-state index contributed by atoms with van der Waals surface area (Å²) in [5, 5.41) is 85.3. The molecule has 0 aromatic rings. The largest absolute Gasteiger partial charge is 0.394 e. The van der Waals surface area contributed by atoms with Gasteiger partial charge in [0.2, 0.25) is 5.91 Å². The van der Waals surface area contributed by atoms with Crippen molar-refractivity contribution in [3.8, 4) is 0 Å². The fourth-order valence-electron chi connectivity index (χ4n) is 6.11. The Morgan fingerprint density at radius 2 is 1.27 bits per heavy atom. The molecule has 0 aromatic heterocycles. The maximum Gasteiger partial charge on any atom is 0.220 e. The smallest absolute Gasteiger partial charge is 0.220 e. The van der Waals surface area contributed by atoms with Crippen molar-refractivity contribution in [3.05, 3.63) is 24.3 Å². The van der Waals surface area contributed by atoms with E-state index in [1.54, 1.807) is 12.2 Å². The zero-order valence-corrected chi connectivity index (χ0v) is 30.6. The molecular formula is C37H67NO13. The first kappa shape index (κ1) is 45.6. The average molecular weight is 734 g/mol. The molecule has 12 unspecified atom stereocenters. The van der Waals surface area contributed by atoms with Crippen LogP contribution in [0.25, 0.3) is 0 Å². The first-order valence-corrected chi connectivity index (χ1v) is 19.1. The summed E-state index contributed by atoms with van der Waals surface area (Å²) in [5.74, 6) is -0.264. The van der Waals surface area contributed by atoms with Crippen LogP contribution < -0.4 is 5.32 Å². The molecule has 9 N–H and O–H groups in total. The molecule has 2 saturated heterocycles.